The summed E-state index contributed by atoms with van der Waals surface area (Å²) in [5, 5.41) is 0. The number of nitrogens with one attached hydrogen (secondary N) is 1. The zero-order valence-corrected chi connectivity index (χ0v) is 10.8. The van der Waals surface area contributed by atoms with Crippen LogP contribution in [0.4, 0.5) is 4.39 Å². The van der Waals surface area contributed by atoms with Gasteiger partial charge in [0.2, 0.25) is 0 Å². The Morgan fingerprint density at radius 1 is 1.44 bits per heavy atom. The molecule has 0 fully saturated rings. The summed E-state index contributed by atoms with van der Waals surface area (Å²) in [4.78, 5) is 16.4. The van der Waals surface area contributed by atoms with E-state index in [0.717, 1.165) is 0 Å². The molecule has 0 aromatic heterocycles. The molecule has 100 valence electrons. The van der Waals surface area contributed by atoms with Crippen molar-refractivity contribution in [3.63, 3.8) is 0 Å². The highest BCUT2D eigenvalue weighted by atomic mass is 19.1. The second kappa shape index (κ2) is 7.08. The van der Waals surface area contributed by atoms with Crippen LogP contribution in [0.2, 0.25) is 0 Å². The Morgan fingerprint density at radius 3 is 2.72 bits per heavy atom. The van der Waals surface area contributed by atoms with Gasteiger partial charge in [0.25, 0.3) is 0 Å². The lowest BCUT2D eigenvalue weighted by Gasteiger charge is -2.08. The molecule has 1 N–H and O–H groups in total. The Kier molecular flexibility index (Phi) is 5.74. The number of benzene rings is 1. The van der Waals surface area contributed by atoms with Crippen LogP contribution in [0.1, 0.15) is 29.8 Å². The molecule has 0 radical (unpaired) electrons. The molecule has 0 aliphatic rings. The van der Waals surface area contributed by atoms with Crippen LogP contribution in [0, 0.1) is 11.7 Å². The molecule has 0 bridgehead atoms. The molecular formula is C13H18FNO3. The van der Waals surface area contributed by atoms with Crippen molar-refractivity contribution in [2.45, 2.75) is 20.4 Å². The summed E-state index contributed by atoms with van der Waals surface area (Å²) in [7, 11) is 1.22. The summed E-state index contributed by atoms with van der Waals surface area (Å²) in [6.45, 7) is 5.03. The van der Waals surface area contributed by atoms with E-state index in [0.29, 0.717) is 24.6 Å². The molecule has 0 heterocycles. The largest absolute Gasteiger partial charge is 0.465 e. The van der Waals surface area contributed by atoms with Crippen molar-refractivity contribution >= 4 is 5.97 Å². The molecule has 1 aromatic rings. The fourth-order valence-corrected chi connectivity index (χ4v) is 1.30. The third-order valence-corrected chi connectivity index (χ3v) is 2.23. The topological polar surface area (TPSA) is 47.6 Å². The zero-order valence-electron chi connectivity index (χ0n) is 10.8. The minimum absolute atomic E-state index is 0.0654. The zero-order chi connectivity index (χ0) is 13.5. The van der Waals surface area contributed by atoms with Gasteiger partial charge < -0.3 is 9.57 Å². The van der Waals surface area contributed by atoms with Crippen LogP contribution in [-0.2, 0) is 16.1 Å². The minimum Gasteiger partial charge on any atom is -0.465 e. The third kappa shape index (κ3) is 4.43. The maximum atomic E-state index is 13.6. The molecule has 4 nitrogen and oxygen atoms in total. The van der Waals surface area contributed by atoms with Crippen molar-refractivity contribution in [1.82, 2.24) is 5.48 Å². The number of hydrogen-bond donors (Lipinski definition) is 1. The van der Waals surface area contributed by atoms with Crippen LogP contribution < -0.4 is 5.48 Å². The molecule has 0 saturated heterocycles. The Labute approximate surface area is 106 Å². The highest BCUT2D eigenvalue weighted by molar-refractivity contribution is 5.89. The van der Waals surface area contributed by atoms with Crippen molar-refractivity contribution in [3.8, 4) is 0 Å². The first kappa shape index (κ1) is 14.6. The van der Waals surface area contributed by atoms with Gasteiger partial charge >= 0.3 is 5.97 Å². The van der Waals surface area contributed by atoms with Gasteiger partial charge in [0, 0.05) is 6.54 Å². The van der Waals surface area contributed by atoms with Crippen molar-refractivity contribution < 1.29 is 18.8 Å². The number of ether oxygens (including phenoxy) is 1. The van der Waals surface area contributed by atoms with Gasteiger partial charge in [0.1, 0.15) is 5.82 Å². The van der Waals surface area contributed by atoms with E-state index in [-0.39, 0.29) is 5.56 Å². The number of rotatable bonds is 6. The maximum absolute atomic E-state index is 13.6. The van der Waals surface area contributed by atoms with Crippen molar-refractivity contribution in [2.75, 3.05) is 13.7 Å². The van der Waals surface area contributed by atoms with E-state index >= 15 is 0 Å². The Morgan fingerprint density at radius 2 is 2.17 bits per heavy atom. The first-order chi connectivity index (χ1) is 8.54. The van der Waals surface area contributed by atoms with E-state index in [1.807, 2.05) is 13.8 Å². The predicted molar refractivity (Wildman–Crippen MR) is 65.4 cm³/mol. The second-order valence-corrected chi connectivity index (χ2v) is 4.33. The van der Waals surface area contributed by atoms with Crippen LogP contribution in [0.25, 0.3) is 0 Å². The van der Waals surface area contributed by atoms with Gasteiger partial charge in [-0.3, -0.25) is 0 Å². The van der Waals surface area contributed by atoms with Gasteiger partial charge in [-0.05, 0) is 23.6 Å². The summed E-state index contributed by atoms with van der Waals surface area (Å²) in [6.07, 6.45) is 0. The highest BCUT2D eigenvalue weighted by Crippen LogP contribution is 2.11. The number of esters is 1. The summed E-state index contributed by atoms with van der Waals surface area (Å²) in [5.74, 6) is -0.844. The van der Waals surface area contributed by atoms with Crippen LogP contribution in [0.3, 0.4) is 0 Å². The fourth-order valence-electron chi connectivity index (χ4n) is 1.30. The normalized spacial score (nSPS) is 10.7. The monoisotopic (exact) mass is 255 g/mol. The summed E-state index contributed by atoms with van der Waals surface area (Å²) < 4.78 is 18.0. The first-order valence-corrected chi connectivity index (χ1v) is 5.76. The summed E-state index contributed by atoms with van der Waals surface area (Å²) in [6, 6.07) is 4.35. The van der Waals surface area contributed by atoms with E-state index in [9.17, 15) is 9.18 Å². The summed E-state index contributed by atoms with van der Waals surface area (Å²) >= 11 is 0. The molecule has 1 aromatic carbocycles. The number of halogens is 1. The molecule has 0 aliphatic heterocycles. The lowest BCUT2D eigenvalue weighted by molar-refractivity contribution is 0.0196. The predicted octanol–water partition coefficient (Wildman–Crippen LogP) is 2.29. The molecule has 0 aliphatic carbocycles. The molecular weight excluding hydrogens is 237 g/mol. The molecule has 0 spiro atoms. The average molecular weight is 255 g/mol. The van der Waals surface area contributed by atoms with Crippen LogP contribution >= 0.6 is 0 Å². The quantitative estimate of drug-likeness (QED) is 0.481. The van der Waals surface area contributed by atoms with E-state index in [1.165, 1.54) is 19.2 Å². The van der Waals surface area contributed by atoms with Gasteiger partial charge in [-0.15, -0.1) is 0 Å². The number of methoxy groups -OCH3 is 1. The van der Waals surface area contributed by atoms with Crippen molar-refractivity contribution in [3.05, 3.63) is 35.1 Å². The third-order valence-electron chi connectivity index (χ3n) is 2.23. The van der Waals surface area contributed by atoms with E-state index in [4.69, 9.17) is 4.84 Å². The van der Waals surface area contributed by atoms with Crippen molar-refractivity contribution in [1.29, 1.82) is 0 Å². The Hall–Kier alpha value is -1.46. The Balaban J connectivity index is 2.54. The molecule has 5 heteroatoms. The first-order valence-electron chi connectivity index (χ1n) is 5.76. The Bertz CT molecular complexity index is 407. The molecule has 0 amide bonds. The van der Waals surface area contributed by atoms with Crippen molar-refractivity contribution in [2.24, 2.45) is 5.92 Å². The SMILES string of the molecule is COC(=O)c1ccc(CNOCC(C)C)cc1F. The number of carbonyl (C=O) groups excluding carboxylic acids is 1. The molecule has 1 rings (SSSR count). The molecule has 0 saturated carbocycles. The van der Waals surface area contributed by atoms with Gasteiger partial charge in [0.05, 0.1) is 19.3 Å². The maximum Gasteiger partial charge on any atom is 0.340 e. The van der Waals surface area contributed by atoms with Gasteiger partial charge in [-0.1, -0.05) is 19.9 Å². The molecule has 18 heavy (non-hydrogen) atoms. The minimum atomic E-state index is -0.678. The molecule has 0 unspecified atom stereocenters. The summed E-state index contributed by atoms with van der Waals surface area (Å²) in [5.41, 5.74) is 3.37. The van der Waals surface area contributed by atoms with E-state index < -0.39 is 11.8 Å². The van der Waals surface area contributed by atoms with E-state index in [2.05, 4.69) is 10.2 Å². The standard InChI is InChI=1S/C13H18FNO3/c1-9(2)8-18-15-7-10-4-5-11(12(14)6-10)13(16)17-3/h4-6,9,15H,7-8H2,1-3H3. The van der Waals surface area contributed by atoms with Crippen LogP contribution in [-0.4, -0.2) is 19.7 Å². The average Bonchev–Trinajstić information content (AvgIpc) is 2.33. The highest BCUT2D eigenvalue weighted by Gasteiger charge is 2.11. The number of carbonyl (C=O) groups is 1. The number of hydrogen-bond acceptors (Lipinski definition) is 4. The lowest BCUT2D eigenvalue weighted by atomic mass is 10.1. The van der Waals surface area contributed by atoms with E-state index in [1.54, 1.807) is 6.07 Å². The van der Waals surface area contributed by atoms with Gasteiger partial charge in [-0.2, -0.15) is 5.48 Å². The van der Waals surface area contributed by atoms with Crippen LogP contribution in [0.15, 0.2) is 18.2 Å². The lowest BCUT2D eigenvalue weighted by Crippen LogP contribution is -2.17. The van der Waals surface area contributed by atoms with Gasteiger partial charge in [0.15, 0.2) is 0 Å². The molecule has 0 atom stereocenters. The second-order valence-electron chi connectivity index (χ2n) is 4.33. The fraction of sp³-hybridized carbons (Fsp3) is 0.462. The number of hydroxylamine groups is 1. The van der Waals surface area contributed by atoms with Crippen LogP contribution in [0.5, 0.6) is 0 Å². The smallest absolute Gasteiger partial charge is 0.340 e. The van der Waals surface area contributed by atoms with Gasteiger partial charge in [-0.25, -0.2) is 9.18 Å².